The maximum Gasteiger partial charge on any atom is 0.326 e. The van der Waals surface area contributed by atoms with Gasteiger partial charge in [0.25, 0.3) is 0 Å². The van der Waals surface area contributed by atoms with Crippen molar-refractivity contribution in [3.05, 3.63) is 35.4 Å². The lowest BCUT2D eigenvalue weighted by atomic mass is 10.0. The third kappa shape index (κ3) is 6.61. The maximum absolute atomic E-state index is 12.0. The average molecular weight is 321 g/mol. The van der Waals surface area contributed by atoms with Crippen LogP contribution in [0.3, 0.4) is 0 Å². The molecule has 2 N–H and O–H groups in total. The number of aliphatic carboxylic acids is 1. The van der Waals surface area contributed by atoms with Gasteiger partial charge in [-0.25, -0.2) is 4.79 Å². The van der Waals surface area contributed by atoms with Gasteiger partial charge in [-0.1, -0.05) is 31.2 Å². The van der Waals surface area contributed by atoms with Crippen molar-refractivity contribution < 1.29 is 24.2 Å². The summed E-state index contributed by atoms with van der Waals surface area (Å²) in [5.74, 6) is -1.70. The summed E-state index contributed by atoms with van der Waals surface area (Å²) < 4.78 is 4.81. The molecule has 0 aliphatic carbocycles. The predicted molar refractivity (Wildman–Crippen MR) is 85.4 cm³/mol. The Hall–Kier alpha value is -2.21. The van der Waals surface area contributed by atoms with Crippen LogP contribution in [0.2, 0.25) is 0 Å². The Balaban J connectivity index is 2.47. The van der Waals surface area contributed by atoms with E-state index in [-0.39, 0.29) is 31.7 Å². The van der Waals surface area contributed by atoms with Gasteiger partial charge in [0.2, 0.25) is 5.91 Å². The highest BCUT2D eigenvalue weighted by molar-refractivity contribution is 5.98. The standard InChI is InChI=1S/C17H23NO5/c1-3-12-4-6-13(7-5-12)15(19)8-9-16(20)18-14(17(21)22)10-11-23-2/h4-7,14H,3,8-11H2,1-2H3,(H,18,20)(H,21,22). The molecule has 0 bridgehead atoms. The molecule has 6 nitrogen and oxygen atoms in total. The topological polar surface area (TPSA) is 92.7 Å². The fraction of sp³-hybridized carbons (Fsp3) is 0.471. The number of methoxy groups -OCH3 is 1. The van der Waals surface area contributed by atoms with E-state index in [0.717, 1.165) is 12.0 Å². The molecule has 0 fully saturated rings. The zero-order valence-electron chi connectivity index (χ0n) is 13.5. The minimum absolute atomic E-state index is 0.0366. The molecule has 0 aliphatic rings. The van der Waals surface area contributed by atoms with Crippen LogP contribution in [0.4, 0.5) is 0 Å². The van der Waals surface area contributed by atoms with Crippen LogP contribution in [0.5, 0.6) is 0 Å². The fourth-order valence-electron chi connectivity index (χ4n) is 2.06. The number of carboxylic acid groups (broad SMARTS) is 1. The molecule has 0 radical (unpaired) electrons. The van der Waals surface area contributed by atoms with Crippen molar-refractivity contribution >= 4 is 17.7 Å². The third-order valence-corrected chi connectivity index (χ3v) is 3.51. The Bertz CT molecular complexity index is 538. The minimum Gasteiger partial charge on any atom is -0.480 e. The number of hydrogen-bond donors (Lipinski definition) is 2. The fourth-order valence-corrected chi connectivity index (χ4v) is 2.06. The number of carbonyl (C=O) groups is 3. The molecule has 1 amide bonds. The first-order valence-electron chi connectivity index (χ1n) is 7.61. The van der Waals surface area contributed by atoms with E-state index in [9.17, 15) is 14.4 Å². The first-order valence-corrected chi connectivity index (χ1v) is 7.61. The number of nitrogens with one attached hydrogen (secondary N) is 1. The smallest absolute Gasteiger partial charge is 0.326 e. The van der Waals surface area contributed by atoms with E-state index in [1.807, 2.05) is 19.1 Å². The second kappa shape index (κ2) is 9.74. The number of amides is 1. The molecule has 1 aromatic carbocycles. The van der Waals surface area contributed by atoms with Crippen LogP contribution in [-0.2, 0) is 20.7 Å². The number of benzene rings is 1. The molecule has 0 saturated heterocycles. The summed E-state index contributed by atoms with van der Waals surface area (Å²) >= 11 is 0. The Labute approximate surface area is 135 Å². The van der Waals surface area contributed by atoms with Gasteiger partial charge in [-0.2, -0.15) is 0 Å². The molecule has 0 aromatic heterocycles. The minimum atomic E-state index is -1.11. The molecule has 1 aromatic rings. The molecule has 1 atom stereocenters. The van der Waals surface area contributed by atoms with Crippen molar-refractivity contribution in [2.24, 2.45) is 0 Å². The number of rotatable bonds is 10. The van der Waals surface area contributed by atoms with Crippen LogP contribution in [0.25, 0.3) is 0 Å². The Morgan fingerprint density at radius 3 is 2.35 bits per heavy atom. The van der Waals surface area contributed by atoms with E-state index in [1.165, 1.54) is 7.11 Å². The molecule has 0 aliphatic heterocycles. The first kappa shape index (κ1) is 18.8. The number of carbonyl (C=O) groups excluding carboxylic acids is 2. The molecule has 126 valence electrons. The molecule has 23 heavy (non-hydrogen) atoms. The summed E-state index contributed by atoms with van der Waals surface area (Å²) in [5.41, 5.74) is 1.70. The Kier molecular flexibility index (Phi) is 7.97. The molecule has 0 heterocycles. The number of carboxylic acids is 1. The van der Waals surface area contributed by atoms with Gasteiger partial charge in [0, 0.05) is 38.5 Å². The van der Waals surface area contributed by atoms with Gasteiger partial charge in [0.1, 0.15) is 6.04 Å². The van der Waals surface area contributed by atoms with Gasteiger partial charge in [-0.3, -0.25) is 9.59 Å². The van der Waals surface area contributed by atoms with Crippen LogP contribution < -0.4 is 5.32 Å². The highest BCUT2D eigenvalue weighted by Crippen LogP contribution is 2.09. The lowest BCUT2D eigenvalue weighted by molar-refractivity contribution is -0.142. The highest BCUT2D eigenvalue weighted by atomic mass is 16.5. The van der Waals surface area contributed by atoms with Gasteiger partial charge in [0.15, 0.2) is 5.78 Å². The van der Waals surface area contributed by atoms with E-state index in [4.69, 9.17) is 9.84 Å². The van der Waals surface area contributed by atoms with Crippen LogP contribution >= 0.6 is 0 Å². The van der Waals surface area contributed by atoms with E-state index in [0.29, 0.717) is 5.56 Å². The van der Waals surface area contributed by atoms with E-state index >= 15 is 0 Å². The van der Waals surface area contributed by atoms with Crippen LogP contribution in [0, 0.1) is 0 Å². The molecule has 0 spiro atoms. The molecule has 0 saturated carbocycles. The zero-order chi connectivity index (χ0) is 17.2. The van der Waals surface area contributed by atoms with Crippen molar-refractivity contribution in [3.63, 3.8) is 0 Å². The molecular formula is C17H23NO5. The second-order valence-electron chi connectivity index (χ2n) is 5.21. The second-order valence-corrected chi connectivity index (χ2v) is 5.21. The summed E-state index contributed by atoms with van der Waals surface area (Å²) in [6, 6.07) is 6.27. The summed E-state index contributed by atoms with van der Waals surface area (Å²) in [6.07, 6.45) is 1.10. The Morgan fingerprint density at radius 2 is 1.83 bits per heavy atom. The average Bonchev–Trinajstić information content (AvgIpc) is 2.56. The van der Waals surface area contributed by atoms with E-state index in [2.05, 4.69) is 5.32 Å². The number of ketones is 1. The van der Waals surface area contributed by atoms with Crippen LogP contribution in [0.1, 0.15) is 42.1 Å². The van der Waals surface area contributed by atoms with E-state index in [1.54, 1.807) is 12.1 Å². The summed E-state index contributed by atoms with van der Waals surface area (Å²) in [5, 5.41) is 11.4. The van der Waals surface area contributed by atoms with Crippen molar-refractivity contribution in [2.45, 2.75) is 38.6 Å². The largest absolute Gasteiger partial charge is 0.480 e. The Morgan fingerprint density at radius 1 is 1.17 bits per heavy atom. The van der Waals surface area contributed by atoms with Gasteiger partial charge in [0.05, 0.1) is 0 Å². The first-order chi connectivity index (χ1) is 11.0. The molecular weight excluding hydrogens is 298 g/mol. The summed E-state index contributed by atoms with van der Waals surface area (Å²) in [4.78, 5) is 34.8. The van der Waals surface area contributed by atoms with Gasteiger partial charge in [-0.15, -0.1) is 0 Å². The summed E-state index contributed by atoms with van der Waals surface area (Å²) in [6.45, 7) is 2.27. The normalized spacial score (nSPS) is 11.7. The SMILES string of the molecule is CCc1ccc(C(=O)CCC(=O)NC(CCOC)C(=O)O)cc1. The summed E-state index contributed by atoms with van der Waals surface area (Å²) in [7, 11) is 1.46. The molecule has 6 heteroatoms. The number of Topliss-reactive ketones (excluding diaryl/α,β-unsaturated/α-hetero) is 1. The molecule has 1 unspecified atom stereocenters. The van der Waals surface area contributed by atoms with Crippen molar-refractivity contribution in [2.75, 3.05) is 13.7 Å². The van der Waals surface area contributed by atoms with Crippen molar-refractivity contribution in [1.29, 1.82) is 0 Å². The zero-order valence-corrected chi connectivity index (χ0v) is 13.5. The highest BCUT2D eigenvalue weighted by Gasteiger charge is 2.20. The van der Waals surface area contributed by atoms with Crippen LogP contribution in [-0.4, -0.2) is 42.5 Å². The maximum atomic E-state index is 12.0. The molecule has 1 rings (SSSR count). The lowest BCUT2D eigenvalue weighted by Crippen LogP contribution is -2.41. The number of ether oxygens (including phenoxy) is 1. The van der Waals surface area contributed by atoms with E-state index < -0.39 is 17.9 Å². The number of hydrogen-bond acceptors (Lipinski definition) is 4. The van der Waals surface area contributed by atoms with Crippen molar-refractivity contribution in [3.8, 4) is 0 Å². The quantitative estimate of drug-likeness (QED) is 0.641. The van der Waals surface area contributed by atoms with Crippen LogP contribution in [0.15, 0.2) is 24.3 Å². The van der Waals surface area contributed by atoms with Gasteiger partial charge in [-0.05, 0) is 12.0 Å². The lowest BCUT2D eigenvalue weighted by Gasteiger charge is -2.13. The number of aryl methyl sites for hydroxylation is 1. The monoisotopic (exact) mass is 321 g/mol. The predicted octanol–water partition coefficient (Wildman–Crippen LogP) is 1.82. The third-order valence-electron chi connectivity index (χ3n) is 3.51. The van der Waals surface area contributed by atoms with Crippen molar-refractivity contribution in [1.82, 2.24) is 5.32 Å². The van der Waals surface area contributed by atoms with Gasteiger partial charge < -0.3 is 15.2 Å². The van der Waals surface area contributed by atoms with Gasteiger partial charge >= 0.3 is 5.97 Å².